The molecule has 0 aliphatic carbocycles. The highest BCUT2D eigenvalue weighted by molar-refractivity contribution is 5.94. The van der Waals surface area contributed by atoms with Gasteiger partial charge in [-0.15, -0.1) is 0 Å². The smallest absolute Gasteiger partial charge is 0.431 e. The number of hydrogen-bond donors (Lipinski definition) is 2. The van der Waals surface area contributed by atoms with Gasteiger partial charge in [-0.25, -0.2) is 0 Å². The molecule has 1 atom stereocenters. The zero-order chi connectivity index (χ0) is 23.6. The fourth-order valence-electron chi connectivity index (χ4n) is 3.87. The second kappa shape index (κ2) is 9.54. The lowest BCUT2D eigenvalue weighted by Crippen LogP contribution is -2.51. The van der Waals surface area contributed by atoms with Gasteiger partial charge in [-0.2, -0.15) is 13.2 Å². The van der Waals surface area contributed by atoms with E-state index in [0.29, 0.717) is 31.5 Å². The van der Waals surface area contributed by atoms with Gasteiger partial charge in [0.2, 0.25) is 0 Å². The number of hydrogen-bond acceptors (Lipinski definition) is 6. The lowest BCUT2D eigenvalue weighted by Gasteiger charge is -2.37. The Kier molecular flexibility index (Phi) is 6.73. The van der Waals surface area contributed by atoms with Crippen LogP contribution in [0.1, 0.15) is 22.5 Å². The molecule has 2 aliphatic heterocycles. The number of benzene rings is 1. The van der Waals surface area contributed by atoms with Crippen molar-refractivity contribution in [2.24, 2.45) is 5.73 Å². The number of pyridine rings is 1. The van der Waals surface area contributed by atoms with E-state index in [-0.39, 0.29) is 17.2 Å². The van der Waals surface area contributed by atoms with Gasteiger partial charge in [0.05, 0.1) is 19.3 Å². The number of primary amides is 1. The highest BCUT2D eigenvalue weighted by Crippen LogP contribution is 2.35. The number of nitrogens with zero attached hydrogens (tertiary/aromatic N) is 1. The van der Waals surface area contributed by atoms with Crippen molar-refractivity contribution in [1.82, 2.24) is 9.88 Å². The van der Waals surface area contributed by atoms with Crippen LogP contribution in [0, 0.1) is 0 Å². The van der Waals surface area contributed by atoms with E-state index in [1.165, 1.54) is 24.3 Å². The van der Waals surface area contributed by atoms with E-state index < -0.39 is 28.9 Å². The van der Waals surface area contributed by atoms with Crippen molar-refractivity contribution in [3.05, 3.63) is 51.9 Å². The zero-order valence-electron chi connectivity index (χ0n) is 17.7. The fraction of sp³-hybridized carbons (Fsp3) is 0.455. The van der Waals surface area contributed by atoms with Gasteiger partial charge in [-0.1, -0.05) is 12.1 Å². The zero-order valence-corrected chi connectivity index (χ0v) is 17.7. The van der Waals surface area contributed by atoms with Crippen LogP contribution in [-0.4, -0.2) is 67.5 Å². The lowest BCUT2D eigenvalue weighted by atomic mass is 10.0. The Bertz CT molecular complexity index is 1050. The Hall–Kier alpha value is -2.89. The van der Waals surface area contributed by atoms with Crippen molar-refractivity contribution >= 4 is 5.91 Å². The summed E-state index contributed by atoms with van der Waals surface area (Å²) in [5, 5.41) is 0. The molecule has 0 bridgehead atoms. The summed E-state index contributed by atoms with van der Waals surface area (Å²) < 4.78 is 57.3. The molecule has 33 heavy (non-hydrogen) atoms. The van der Waals surface area contributed by atoms with Gasteiger partial charge >= 0.3 is 6.18 Å². The topological polar surface area (TPSA) is 107 Å². The molecule has 1 unspecified atom stereocenters. The fourth-order valence-corrected chi connectivity index (χ4v) is 3.87. The number of alkyl halides is 3. The van der Waals surface area contributed by atoms with Gasteiger partial charge in [0, 0.05) is 25.3 Å². The molecule has 2 aromatic rings. The maximum Gasteiger partial charge on any atom is 0.431 e. The highest BCUT2D eigenvalue weighted by Gasteiger charge is 2.36. The number of aromatic nitrogens is 1. The van der Waals surface area contributed by atoms with Crippen molar-refractivity contribution in [2.45, 2.75) is 24.7 Å². The first-order valence-corrected chi connectivity index (χ1v) is 10.5. The van der Waals surface area contributed by atoms with Crippen molar-refractivity contribution in [3.8, 4) is 16.9 Å². The van der Waals surface area contributed by atoms with Crippen LogP contribution in [0.5, 0.6) is 5.75 Å². The number of rotatable bonds is 6. The first kappa shape index (κ1) is 23.3. The second-order valence-electron chi connectivity index (χ2n) is 8.03. The van der Waals surface area contributed by atoms with Gasteiger partial charge in [0.15, 0.2) is 0 Å². The summed E-state index contributed by atoms with van der Waals surface area (Å²) in [7, 11) is 0. The maximum absolute atomic E-state index is 13.5. The minimum atomic E-state index is -4.83. The SMILES string of the molecule is NC(=O)c1cc(-c2ccc(OCC3CN(C4COC4)CCCO3)cc2)c(C(F)(F)F)[nH]c1=O. The molecule has 1 aromatic heterocycles. The van der Waals surface area contributed by atoms with Gasteiger partial charge in [0.25, 0.3) is 11.5 Å². The third-order valence-corrected chi connectivity index (χ3v) is 5.71. The summed E-state index contributed by atoms with van der Waals surface area (Å²) in [6, 6.07) is 7.17. The monoisotopic (exact) mass is 467 g/mol. The van der Waals surface area contributed by atoms with E-state index in [0.717, 1.165) is 32.2 Å². The van der Waals surface area contributed by atoms with Crippen LogP contribution in [0.15, 0.2) is 35.1 Å². The molecule has 3 N–H and O–H groups in total. The number of ether oxygens (including phenoxy) is 3. The predicted molar refractivity (Wildman–Crippen MR) is 112 cm³/mol. The molecular formula is C22H24F3N3O5. The van der Waals surface area contributed by atoms with E-state index in [1.54, 1.807) is 4.98 Å². The quantitative estimate of drug-likeness (QED) is 0.674. The largest absolute Gasteiger partial charge is 0.491 e. The van der Waals surface area contributed by atoms with Gasteiger partial charge < -0.3 is 24.9 Å². The van der Waals surface area contributed by atoms with E-state index in [4.69, 9.17) is 19.9 Å². The summed E-state index contributed by atoms with van der Waals surface area (Å²) in [6.45, 7) is 4.02. The number of halogens is 3. The number of nitrogens with one attached hydrogen (secondary N) is 1. The number of carbonyl (C=O) groups excluding carboxylic acids is 1. The molecule has 2 saturated heterocycles. The van der Waals surface area contributed by atoms with Crippen LogP contribution in [0.4, 0.5) is 13.2 Å². The van der Waals surface area contributed by atoms with Crippen molar-refractivity contribution in [3.63, 3.8) is 0 Å². The Labute approximate surface area is 187 Å². The standard InChI is InChI=1S/C22H24F3N3O5/c23-22(24,25)19-17(8-18(20(26)29)21(30)27-19)13-2-4-15(5-3-13)33-12-16-9-28(6-1-7-32-16)14-10-31-11-14/h2-5,8,14,16H,1,6-7,9-12H2,(H2,26,29)(H,27,30). The second-order valence-corrected chi connectivity index (χ2v) is 8.03. The van der Waals surface area contributed by atoms with Crippen LogP contribution in [0.3, 0.4) is 0 Å². The molecule has 178 valence electrons. The molecular weight excluding hydrogens is 443 g/mol. The minimum Gasteiger partial charge on any atom is -0.491 e. The van der Waals surface area contributed by atoms with Crippen molar-refractivity contribution in [1.29, 1.82) is 0 Å². The number of carbonyl (C=O) groups is 1. The average Bonchev–Trinajstić information content (AvgIpc) is 2.96. The van der Waals surface area contributed by atoms with Crippen molar-refractivity contribution in [2.75, 3.05) is 39.5 Å². The van der Waals surface area contributed by atoms with E-state index in [1.807, 2.05) is 0 Å². The van der Waals surface area contributed by atoms with Gasteiger partial charge in [0.1, 0.15) is 29.7 Å². The lowest BCUT2D eigenvalue weighted by molar-refractivity contribution is -0.140. The van der Waals surface area contributed by atoms with Crippen molar-refractivity contribution < 1.29 is 32.2 Å². The molecule has 3 heterocycles. The summed E-state index contributed by atoms with van der Waals surface area (Å²) >= 11 is 0. The Morgan fingerprint density at radius 1 is 1.24 bits per heavy atom. The third kappa shape index (κ3) is 5.37. The van der Waals surface area contributed by atoms with Crippen LogP contribution >= 0.6 is 0 Å². The minimum absolute atomic E-state index is 0.137. The summed E-state index contributed by atoms with van der Waals surface area (Å²) in [5.41, 5.74) is 1.93. The number of amides is 1. The normalized spacial score (nSPS) is 20.2. The summed E-state index contributed by atoms with van der Waals surface area (Å²) in [4.78, 5) is 27.3. The van der Waals surface area contributed by atoms with Crippen LogP contribution in [0.2, 0.25) is 0 Å². The van der Waals surface area contributed by atoms with Gasteiger partial charge in [-0.3, -0.25) is 14.5 Å². The van der Waals surface area contributed by atoms with Crippen LogP contribution in [-0.2, 0) is 15.7 Å². The Morgan fingerprint density at radius 2 is 1.97 bits per heavy atom. The Balaban J connectivity index is 1.48. The first-order valence-electron chi connectivity index (χ1n) is 10.5. The highest BCUT2D eigenvalue weighted by atomic mass is 19.4. The molecule has 8 nitrogen and oxygen atoms in total. The molecule has 1 aromatic carbocycles. The Morgan fingerprint density at radius 3 is 2.58 bits per heavy atom. The number of nitrogens with two attached hydrogens (primary N) is 1. The molecule has 0 radical (unpaired) electrons. The maximum atomic E-state index is 13.5. The van der Waals surface area contributed by atoms with Gasteiger partial charge in [-0.05, 0) is 30.2 Å². The summed E-state index contributed by atoms with van der Waals surface area (Å²) in [5.74, 6) is -0.657. The van der Waals surface area contributed by atoms with Crippen LogP contribution < -0.4 is 16.0 Å². The van der Waals surface area contributed by atoms with E-state index in [2.05, 4.69) is 4.90 Å². The summed E-state index contributed by atoms with van der Waals surface area (Å²) in [6.07, 6.45) is -4.04. The molecule has 11 heteroatoms. The molecule has 0 saturated carbocycles. The van der Waals surface area contributed by atoms with Crippen LogP contribution in [0.25, 0.3) is 11.1 Å². The first-order chi connectivity index (χ1) is 15.7. The molecule has 0 spiro atoms. The van der Waals surface area contributed by atoms with E-state index >= 15 is 0 Å². The predicted octanol–water partition coefficient (Wildman–Crippen LogP) is 2.03. The average molecular weight is 467 g/mol. The molecule has 2 fully saturated rings. The van der Waals surface area contributed by atoms with E-state index in [9.17, 15) is 22.8 Å². The molecule has 4 rings (SSSR count). The molecule has 2 aliphatic rings. The number of H-pyrrole nitrogens is 1. The molecule has 1 amide bonds. The number of aromatic amines is 1. The third-order valence-electron chi connectivity index (χ3n) is 5.71.